The van der Waals surface area contributed by atoms with Gasteiger partial charge >= 0.3 is 0 Å². The maximum absolute atomic E-state index is 13.0. The van der Waals surface area contributed by atoms with Crippen molar-refractivity contribution in [3.8, 4) is 0 Å². The molecule has 0 spiro atoms. The van der Waals surface area contributed by atoms with Crippen LogP contribution in [0.1, 0.15) is 24.0 Å². The van der Waals surface area contributed by atoms with Gasteiger partial charge in [0.05, 0.1) is 11.8 Å². The first-order valence-corrected chi connectivity index (χ1v) is 9.45. The zero-order valence-corrected chi connectivity index (χ0v) is 15.6. The maximum atomic E-state index is 13.0. The van der Waals surface area contributed by atoms with Crippen LogP contribution in [0.25, 0.3) is 0 Å². The Morgan fingerprint density at radius 2 is 1.62 bits per heavy atom. The molecule has 2 aliphatic heterocycles. The molecule has 26 heavy (non-hydrogen) atoms. The molecule has 6 nitrogen and oxygen atoms in total. The highest BCUT2D eigenvalue weighted by Crippen LogP contribution is 2.32. The molecule has 2 heterocycles. The second-order valence-electron chi connectivity index (χ2n) is 7.43. The van der Waals surface area contributed by atoms with Crippen molar-refractivity contribution in [2.45, 2.75) is 26.2 Å². The van der Waals surface area contributed by atoms with Crippen LogP contribution in [-0.4, -0.2) is 67.6 Å². The molecule has 0 bridgehead atoms. The molecular weight excluding hydrogens is 330 g/mol. The highest BCUT2D eigenvalue weighted by molar-refractivity contribution is 5.84. The van der Waals surface area contributed by atoms with E-state index in [9.17, 15) is 9.59 Å². The van der Waals surface area contributed by atoms with Gasteiger partial charge in [-0.3, -0.25) is 9.59 Å². The predicted octanol–water partition coefficient (Wildman–Crippen LogP) is 0.964. The summed E-state index contributed by atoms with van der Waals surface area (Å²) in [7, 11) is 0. The highest BCUT2D eigenvalue weighted by atomic mass is 16.5. The molecule has 3 rings (SSSR count). The largest absolute Gasteiger partial charge is 0.381 e. The Balaban J connectivity index is 1.54. The Hall–Kier alpha value is -1.92. The van der Waals surface area contributed by atoms with Gasteiger partial charge < -0.3 is 20.3 Å². The normalized spacial score (nSPS) is 20.1. The third kappa shape index (κ3) is 4.07. The van der Waals surface area contributed by atoms with E-state index < -0.39 is 5.41 Å². The van der Waals surface area contributed by atoms with E-state index in [1.54, 1.807) is 0 Å². The van der Waals surface area contributed by atoms with Crippen molar-refractivity contribution >= 4 is 11.8 Å². The van der Waals surface area contributed by atoms with E-state index in [0.717, 1.165) is 5.56 Å². The summed E-state index contributed by atoms with van der Waals surface area (Å²) in [5, 5.41) is 0. The minimum Gasteiger partial charge on any atom is -0.381 e. The molecule has 1 aromatic rings. The van der Waals surface area contributed by atoms with Crippen molar-refractivity contribution < 1.29 is 14.3 Å². The number of aryl methyl sites for hydroxylation is 1. The SMILES string of the molecule is Cc1ccc(CC(=O)N2CCN(C(=O)C3(CN)CCOCC3)CC2)cc1. The lowest BCUT2D eigenvalue weighted by Gasteiger charge is -2.42. The highest BCUT2D eigenvalue weighted by Gasteiger charge is 2.42. The van der Waals surface area contributed by atoms with Gasteiger partial charge in [-0.15, -0.1) is 0 Å². The van der Waals surface area contributed by atoms with E-state index in [4.69, 9.17) is 10.5 Å². The Bertz CT molecular complexity index is 630. The number of hydrogen-bond acceptors (Lipinski definition) is 4. The van der Waals surface area contributed by atoms with E-state index >= 15 is 0 Å². The smallest absolute Gasteiger partial charge is 0.230 e. The molecular formula is C20H29N3O3. The predicted molar refractivity (Wildman–Crippen MR) is 99.6 cm³/mol. The van der Waals surface area contributed by atoms with Crippen molar-refractivity contribution in [1.29, 1.82) is 0 Å². The summed E-state index contributed by atoms with van der Waals surface area (Å²) >= 11 is 0. The lowest BCUT2D eigenvalue weighted by atomic mass is 9.78. The quantitative estimate of drug-likeness (QED) is 0.869. The van der Waals surface area contributed by atoms with Crippen LogP contribution < -0.4 is 5.73 Å². The van der Waals surface area contributed by atoms with E-state index in [2.05, 4.69) is 0 Å². The summed E-state index contributed by atoms with van der Waals surface area (Å²) in [5.41, 5.74) is 7.69. The number of piperazine rings is 1. The van der Waals surface area contributed by atoms with Gasteiger partial charge in [-0.1, -0.05) is 29.8 Å². The number of nitrogens with zero attached hydrogens (tertiary/aromatic N) is 2. The van der Waals surface area contributed by atoms with E-state index in [0.29, 0.717) is 65.2 Å². The fourth-order valence-electron chi connectivity index (χ4n) is 3.75. The summed E-state index contributed by atoms with van der Waals surface area (Å²) in [6, 6.07) is 8.06. The van der Waals surface area contributed by atoms with Crippen LogP contribution in [0.15, 0.2) is 24.3 Å². The van der Waals surface area contributed by atoms with Crippen molar-refractivity contribution in [2.24, 2.45) is 11.1 Å². The Morgan fingerprint density at radius 1 is 1.04 bits per heavy atom. The molecule has 0 atom stereocenters. The number of carbonyl (C=O) groups excluding carboxylic acids is 2. The number of nitrogens with two attached hydrogens (primary N) is 1. The molecule has 0 aromatic heterocycles. The van der Waals surface area contributed by atoms with Crippen molar-refractivity contribution in [2.75, 3.05) is 45.9 Å². The zero-order chi connectivity index (χ0) is 18.6. The molecule has 2 fully saturated rings. The van der Waals surface area contributed by atoms with Gasteiger partial charge in [0.2, 0.25) is 11.8 Å². The lowest BCUT2D eigenvalue weighted by Crippen LogP contribution is -2.57. The second kappa shape index (κ2) is 8.18. The molecule has 0 unspecified atom stereocenters. The first kappa shape index (κ1) is 18.9. The number of hydrogen-bond donors (Lipinski definition) is 1. The van der Waals surface area contributed by atoms with Gasteiger partial charge in [0.25, 0.3) is 0 Å². The van der Waals surface area contributed by atoms with E-state index in [1.165, 1.54) is 5.56 Å². The fraction of sp³-hybridized carbons (Fsp3) is 0.600. The van der Waals surface area contributed by atoms with Crippen LogP contribution in [0.4, 0.5) is 0 Å². The Kier molecular flexibility index (Phi) is 5.94. The molecule has 0 aliphatic carbocycles. The monoisotopic (exact) mass is 359 g/mol. The van der Waals surface area contributed by atoms with Crippen LogP contribution in [0.5, 0.6) is 0 Å². The van der Waals surface area contributed by atoms with Crippen LogP contribution >= 0.6 is 0 Å². The summed E-state index contributed by atoms with van der Waals surface area (Å²) in [5.74, 6) is 0.259. The number of carbonyl (C=O) groups is 2. The topological polar surface area (TPSA) is 75.9 Å². The fourth-order valence-corrected chi connectivity index (χ4v) is 3.75. The minimum atomic E-state index is -0.480. The molecule has 0 saturated carbocycles. The zero-order valence-electron chi connectivity index (χ0n) is 15.6. The number of amides is 2. The van der Waals surface area contributed by atoms with Crippen molar-refractivity contribution in [3.05, 3.63) is 35.4 Å². The van der Waals surface area contributed by atoms with Crippen LogP contribution in [-0.2, 0) is 20.7 Å². The van der Waals surface area contributed by atoms with Gasteiger partial charge in [0.1, 0.15) is 0 Å². The van der Waals surface area contributed by atoms with E-state index in [1.807, 2.05) is 41.0 Å². The minimum absolute atomic E-state index is 0.126. The summed E-state index contributed by atoms with van der Waals surface area (Å²) in [6.45, 7) is 5.94. The first-order chi connectivity index (χ1) is 12.5. The lowest BCUT2D eigenvalue weighted by molar-refractivity contribution is -0.151. The number of rotatable bonds is 4. The van der Waals surface area contributed by atoms with Gasteiger partial charge in [-0.05, 0) is 25.3 Å². The molecule has 142 valence electrons. The summed E-state index contributed by atoms with van der Waals surface area (Å²) in [4.78, 5) is 29.3. The third-order valence-electron chi connectivity index (χ3n) is 5.69. The summed E-state index contributed by atoms with van der Waals surface area (Å²) in [6.07, 6.45) is 1.79. The molecule has 2 N–H and O–H groups in total. The first-order valence-electron chi connectivity index (χ1n) is 9.45. The second-order valence-corrected chi connectivity index (χ2v) is 7.43. The molecule has 2 aliphatic rings. The van der Waals surface area contributed by atoms with Gasteiger partial charge in [0, 0.05) is 45.9 Å². The standard InChI is InChI=1S/C20H29N3O3/c1-16-2-4-17(5-3-16)14-18(24)22-8-10-23(11-9-22)19(25)20(15-21)6-12-26-13-7-20/h2-5H,6-15,21H2,1H3. The van der Waals surface area contributed by atoms with Gasteiger partial charge in [-0.2, -0.15) is 0 Å². The molecule has 6 heteroatoms. The van der Waals surface area contributed by atoms with Crippen LogP contribution in [0, 0.1) is 12.3 Å². The summed E-state index contributed by atoms with van der Waals surface area (Å²) < 4.78 is 5.40. The Labute approximate surface area is 155 Å². The van der Waals surface area contributed by atoms with Crippen LogP contribution in [0.3, 0.4) is 0 Å². The number of benzene rings is 1. The Morgan fingerprint density at radius 3 is 2.19 bits per heavy atom. The van der Waals surface area contributed by atoms with Gasteiger partial charge in [-0.25, -0.2) is 0 Å². The van der Waals surface area contributed by atoms with Gasteiger partial charge in [0.15, 0.2) is 0 Å². The van der Waals surface area contributed by atoms with Crippen LogP contribution in [0.2, 0.25) is 0 Å². The molecule has 0 radical (unpaired) electrons. The molecule has 2 saturated heterocycles. The average molecular weight is 359 g/mol. The average Bonchev–Trinajstić information content (AvgIpc) is 2.69. The van der Waals surface area contributed by atoms with Crippen molar-refractivity contribution in [3.63, 3.8) is 0 Å². The van der Waals surface area contributed by atoms with Crippen molar-refractivity contribution in [1.82, 2.24) is 9.80 Å². The van der Waals surface area contributed by atoms with E-state index in [-0.39, 0.29) is 11.8 Å². The maximum Gasteiger partial charge on any atom is 0.230 e. The molecule has 2 amide bonds. The molecule has 1 aromatic carbocycles. The number of ether oxygens (including phenoxy) is 1. The third-order valence-corrected chi connectivity index (χ3v) is 5.69.